The summed E-state index contributed by atoms with van der Waals surface area (Å²) in [6.07, 6.45) is 2.68. The van der Waals surface area contributed by atoms with Gasteiger partial charge in [0.2, 0.25) is 0 Å². The molecule has 2 aliphatic rings. The number of carbonyl (C=O) groups is 2. The van der Waals surface area contributed by atoms with Crippen LogP contribution in [-0.4, -0.2) is 30.3 Å². The van der Waals surface area contributed by atoms with Crippen LogP contribution in [0, 0.1) is 0 Å². The van der Waals surface area contributed by atoms with Gasteiger partial charge >= 0.3 is 5.97 Å². The van der Waals surface area contributed by atoms with Gasteiger partial charge in [0.15, 0.2) is 6.10 Å². The third-order valence-corrected chi connectivity index (χ3v) is 5.03. The van der Waals surface area contributed by atoms with Crippen molar-refractivity contribution >= 4 is 41.0 Å². The molecule has 0 aliphatic carbocycles. The van der Waals surface area contributed by atoms with Gasteiger partial charge in [-0.15, -0.1) is 0 Å². The maximum absolute atomic E-state index is 12.8. The number of hydrogen-bond acceptors (Lipinski definition) is 5. The van der Waals surface area contributed by atoms with Gasteiger partial charge in [-0.2, -0.15) is 10.1 Å². The molecule has 4 rings (SSSR count). The Kier molecular flexibility index (Phi) is 5.47. The van der Waals surface area contributed by atoms with Gasteiger partial charge in [-0.3, -0.25) is 4.79 Å². The van der Waals surface area contributed by atoms with Crippen molar-refractivity contribution in [1.82, 2.24) is 0 Å². The summed E-state index contributed by atoms with van der Waals surface area (Å²) in [4.78, 5) is 24.9. The van der Waals surface area contributed by atoms with Gasteiger partial charge in [0.25, 0.3) is 5.91 Å². The van der Waals surface area contributed by atoms with E-state index in [-0.39, 0.29) is 16.7 Å². The molecule has 0 radical (unpaired) electrons. The minimum Gasteiger partial charge on any atom is -0.423 e. The Labute approximate surface area is 173 Å². The van der Waals surface area contributed by atoms with Gasteiger partial charge in [-0.05, 0) is 55.7 Å². The second-order valence-electron chi connectivity index (χ2n) is 6.81. The van der Waals surface area contributed by atoms with Crippen LogP contribution < -0.4 is 9.75 Å². The fourth-order valence-electron chi connectivity index (χ4n) is 3.22. The Hall–Kier alpha value is -2.96. The number of carbonyl (C=O) groups excluding carboxylic acids is 2. The van der Waals surface area contributed by atoms with Crippen molar-refractivity contribution in [3.05, 3.63) is 64.7 Å². The highest BCUT2D eigenvalue weighted by Crippen LogP contribution is 2.29. The average molecular weight is 411 g/mol. The minimum atomic E-state index is -0.535. The zero-order chi connectivity index (χ0) is 20.4. The SMILES string of the molecule is CC1=NN(c2ccccc2)C(=O)/C1=C/c1ccc(OC(=O)C2CCCO2)c(Cl)c1. The number of para-hydroxylation sites is 1. The lowest BCUT2D eigenvalue weighted by Gasteiger charge is -2.11. The summed E-state index contributed by atoms with van der Waals surface area (Å²) in [5.74, 6) is -0.384. The number of rotatable bonds is 4. The van der Waals surface area contributed by atoms with Crippen LogP contribution in [0.3, 0.4) is 0 Å². The van der Waals surface area contributed by atoms with Crippen molar-refractivity contribution in [2.75, 3.05) is 11.6 Å². The molecule has 0 N–H and O–H groups in total. The molecule has 2 heterocycles. The summed E-state index contributed by atoms with van der Waals surface area (Å²) in [6.45, 7) is 2.35. The summed E-state index contributed by atoms with van der Waals surface area (Å²) in [5.41, 5.74) is 2.51. The Morgan fingerprint density at radius 3 is 2.76 bits per heavy atom. The highest BCUT2D eigenvalue weighted by Gasteiger charge is 2.29. The lowest BCUT2D eigenvalue weighted by atomic mass is 10.1. The third-order valence-electron chi connectivity index (χ3n) is 4.73. The molecule has 0 bridgehead atoms. The first kappa shape index (κ1) is 19.4. The van der Waals surface area contributed by atoms with E-state index >= 15 is 0 Å². The van der Waals surface area contributed by atoms with E-state index in [4.69, 9.17) is 21.1 Å². The zero-order valence-corrected chi connectivity index (χ0v) is 16.6. The summed E-state index contributed by atoms with van der Waals surface area (Å²) in [6, 6.07) is 14.2. The van der Waals surface area contributed by atoms with E-state index in [1.807, 2.05) is 30.3 Å². The molecule has 2 aliphatic heterocycles. The molecule has 6 nitrogen and oxygen atoms in total. The standard InChI is InChI=1S/C22H19ClN2O4/c1-14-17(21(26)25(24-14)16-6-3-2-4-7-16)12-15-9-10-19(18(23)13-15)29-22(27)20-8-5-11-28-20/h2-4,6-7,9-10,12-13,20H,5,8,11H2,1H3/b17-12+. The summed E-state index contributed by atoms with van der Waals surface area (Å²) in [7, 11) is 0. The quantitative estimate of drug-likeness (QED) is 0.429. The molecular weight excluding hydrogens is 392 g/mol. The molecule has 1 unspecified atom stereocenters. The number of nitrogens with zero attached hydrogens (tertiary/aromatic N) is 2. The highest BCUT2D eigenvalue weighted by molar-refractivity contribution is 6.33. The maximum Gasteiger partial charge on any atom is 0.340 e. The predicted molar refractivity (Wildman–Crippen MR) is 111 cm³/mol. The van der Waals surface area contributed by atoms with Crippen LogP contribution in [0.5, 0.6) is 5.75 Å². The molecule has 2 aromatic rings. The molecule has 0 spiro atoms. The van der Waals surface area contributed by atoms with Crippen LogP contribution in [0.15, 0.2) is 59.2 Å². The number of hydrazone groups is 1. The van der Waals surface area contributed by atoms with Crippen LogP contribution >= 0.6 is 11.6 Å². The maximum atomic E-state index is 12.8. The lowest BCUT2D eigenvalue weighted by Crippen LogP contribution is -2.24. The first-order chi connectivity index (χ1) is 14.0. The van der Waals surface area contributed by atoms with Crippen LogP contribution in [0.1, 0.15) is 25.3 Å². The van der Waals surface area contributed by atoms with E-state index in [0.717, 1.165) is 6.42 Å². The third kappa shape index (κ3) is 4.09. The summed E-state index contributed by atoms with van der Waals surface area (Å²) >= 11 is 6.29. The molecule has 7 heteroatoms. The fourth-order valence-corrected chi connectivity index (χ4v) is 3.45. The van der Waals surface area contributed by atoms with E-state index in [0.29, 0.717) is 35.6 Å². The second kappa shape index (κ2) is 8.19. The van der Waals surface area contributed by atoms with Crippen LogP contribution in [-0.2, 0) is 14.3 Å². The van der Waals surface area contributed by atoms with Crippen LogP contribution in [0.2, 0.25) is 5.02 Å². The molecule has 1 amide bonds. The Bertz CT molecular complexity index is 1010. The number of benzene rings is 2. The first-order valence-electron chi connectivity index (χ1n) is 9.32. The largest absolute Gasteiger partial charge is 0.423 e. The summed E-state index contributed by atoms with van der Waals surface area (Å²) < 4.78 is 10.7. The van der Waals surface area contributed by atoms with Gasteiger partial charge in [-0.1, -0.05) is 35.9 Å². The molecule has 148 valence electrons. The average Bonchev–Trinajstić information content (AvgIpc) is 3.35. The van der Waals surface area contributed by atoms with Crippen LogP contribution in [0.25, 0.3) is 6.08 Å². The Balaban J connectivity index is 1.52. The first-order valence-corrected chi connectivity index (χ1v) is 9.70. The number of hydrogen-bond donors (Lipinski definition) is 0. The second-order valence-corrected chi connectivity index (χ2v) is 7.22. The zero-order valence-electron chi connectivity index (χ0n) is 15.8. The smallest absolute Gasteiger partial charge is 0.340 e. The molecule has 29 heavy (non-hydrogen) atoms. The van der Waals surface area contributed by atoms with Gasteiger partial charge in [0.05, 0.1) is 22.0 Å². The number of amides is 1. The van der Waals surface area contributed by atoms with Crippen molar-refractivity contribution < 1.29 is 19.1 Å². The number of ether oxygens (including phenoxy) is 2. The van der Waals surface area contributed by atoms with Crippen LogP contribution in [0.4, 0.5) is 5.69 Å². The molecular formula is C22H19ClN2O4. The van der Waals surface area contributed by atoms with Gasteiger partial charge < -0.3 is 9.47 Å². The normalized spacial score (nSPS) is 20.3. The van der Waals surface area contributed by atoms with E-state index < -0.39 is 12.1 Å². The molecule has 1 saturated heterocycles. The van der Waals surface area contributed by atoms with Gasteiger partial charge in [-0.25, -0.2) is 4.79 Å². The fraction of sp³-hybridized carbons (Fsp3) is 0.227. The molecule has 0 saturated carbocycles. The van der Waals surface area contributed by atoms with Crippen molar-refractivity contribution in [1.29, 1.82) is 0 Å². The van der Waals surface area contributed by atoms with Crippen molar-refractivity contribution in [2.45, 2.75) is 25.9 Å². The number of halogens is 1. The van der Waals surface area contributed by atoms with Crippen molar-refractivity contribution in [2.24, 2.45) is 5.10 Å². The summed E-state index contributed by atoms with van der Waals surface area (Å²) in [5, 5.41) is 6.02. The van der Waals surface area contributed by atoms with E-state index in [1.54, 1.807) is 31.2 Å². The predicted octanol–water partition coefficient (Wildman–Crippen LogP) is 4.23. The van der Waals surface area contributed by atoms with E-state index in [2.05, 4.69) is 5.10 Å². The number of esters is 1. The van der Waals surface area contributed by atoms with Crippen molar-refractivity contribution in [3.8, 4) is 5.75 Å². The Morgan fingerprint density at radius 2 is 2.07 bits per heavy atom. The molecule has 2 aromatic carbocycles. The minimum absolute atomic E-state index is 0.210. The molecule has 1 atom stereocenters. The number of anilines is 1. The van der Waals surface area contributed by atoms with E-state index in [9.17, 15) is 9.59 Å². The topological polar surface area (TPSA) is 68.2 Å². The lowest BCUT2D eigenvalue weighted by molar-refractivity contribution is -0.144. The van der Waals surface area contributed by atoms with Crippen molar-refractivity contribution in [3.63, 3.8) is 0 Å². The van der Waals surface area contributed by atoms with Gasteiger partial charge in [0, 0.05) is 6.61 Å². The van der Waals surface area contributed by atoms with E-state index in [1.165, 1.54) is 5.01 Å². The monoisotopic (exact) mass is 410 g/mol. The van der Waals surface area contributed by atoms with Gasteiger partial charge in [0.1, 0.15) is 5.75 Å². The Morgan fingerprint density at radius 1 is 1.28 bits per heavy atom. The highest BCUT2D eigenvalue weighted by atomic mass is 35.5. The molecule has 1 fully saturated rings. The molecule has 0 aromatic heterocycles.